The van der Waals surface area contributed by atoms with Crippen LogP contribution < -0.4 is 9.80 Å². The van der Waals surface area contributed by atoms with Gasteiger partial charge in [-0.3, -0.25) is 14.4 Å². The van der Waals surface area contributed by atoms with Crippen molar-refractivity contribution in [2.75, 3.05) is 50.3 Å². The van der Waals surface area contributed by atoms with Crippen LogP contribution in [0.5, 0.6) is 0 Å². The molecule has 0 saturated heterocycles. The fraction of sp³-hybridized carbons (Fsp3) is 0.625. The monoisotopic (exact) mass is 354 g/mol. The van der Waals surface area contributed by atoms with Gasteiger partial charge < -0.3 is 9.80 Å². The summed E-state index contributed by atoms with van der Waals surface area (Å²) in [7, 11) is -0.335. The lowest BCUT2D eigenvalue weighted by atomic mass is 10.0. The quantitative estimate of drug-likeness (QED) is 0.823. The molecule has 8 heteroatoms. The van der Waals surface area contributed by atoms with Crippen LogP contribution in [-0.4, -0.2) is 63.3 Å². The zero-order valence-corrected chi connectivity index (χ0v) is 15.6. The molecular formula is C16H26N4O3S. The van der Waals surface area contributed by atoms with Gasteiger partial charge in [0.2, 0.25) is 0 Å². The van der Waals surface area contributed by atoms with Crippen molar-refractivity contribution in [3.05, 3.63) is 17.2 Å². The van der Waals surface area contributed by atoms with Gasteiger partial charge in [-0.25, -0.2) is 0 Å². The van der Waals surface area contributed by atoms with Gasteiger partial charge in [-0.15, -0.1) is 0 Å². The number of benzene rings is 1. The summed E-state index contributed by atoms with van der Waals surface area (Å²) in [5.41, 5.74) is 3.26. The molecule has 0 radical (unpaired) electrons. The molecule has 0 amide bonds. The highest BCUT2D eigenvalue weighted by atomic mass is 32.2. The molecule has 0 spiro atoms. The highest BCUT2D eigenvalue weighted by Gasteiger charge is 2.35. The summed E-state index contributed by atoms with van der Waals surface area (Å²) in [6.07, 6.45) is 0. The van der Waals surface area contributed by atoms with Crippen LogP contribution >= 0.6 is 0 Å². The Hall–Kier alpha value is -1.35. The van der Waals surface area contributed by atoms with Crippen molar-refractivity contribution in [1.82, 2.24) is 9.80 Å². The molecule has 2 aliphatic rings. The molecule has 0 saturated carbocycles. The molecule has 0 bridgehead atoms. The fourth-order valence-electron chi connectivity index (χ4n) is 3.82. The Morgan fingerprint density at radius 1 is 1.04 bits per heavy atom. The number of hydrogen-bond acceptors (Lipinski definition) is 6. The minimum absolute atomic E-state index is 0.0925. The Labute approximate surface area is 144 Å². The third-order valence-corrected chi connectivity index (χ3v) is 5.74. The van der Waals surface area contributed by atoms with Crippen LogP contribution in [0.1, 0.15) is 25.0 Å². The van der Waals surface area contributed by atoms with Gasteiger partial charge in [0, 0.05) is 37.4 Å². The molecule has 1 aromatic rings. The lowest BCUT2D eigenvalue weighted by Crippen LogP contribution is -2.44. The van der Waals surface area contributed by atoms with Crippen molar-refractivity contribution in [2.45, 2.75) is 31.8 Å². The normalized spacial score (nSPS) is 19.4. The molecule has 24 heavy (non-hydrogen) atoms. The molecule has 0 aliphatic carbocycles. The molecule has 0 atom stereocenters. The molecule has 1 N–H and O–H groups in total. The maximum atomic E-state index is 12.3. The van der Waals surface area contributed by atoms with Gasteiger partial charge in [0.1, 0.15) is 4.90 Å². The first-order valence-corrected chi connectivity index (χ1v) is 9.73. The summed E-state index contributed by atoms with van der Waals surface area (Å²) in [4.78, 5) is 8.48. The molecule has 134 valence electrons. The second-order valence-electron chi connectivity index (χ2n) is 6.71. The summed E-state index contributed by atoms with van der Waals surface area (Å²) < 4.78 is 34.6. The number of rotatable bonds is 3. The summed E-state index contributed by atoms with van der Waals surface area (Å²) in [6, 6.07) is 2.11. The first-order chi connectivity index (χ1) is 11.3. The van der Waals surface area contributed by atoms with E-state index in [-0.39, 0.29) is 4.90 Å². The van der Waals surface area contributed by atoms with E-state index < -0.39 is 10.1 Å². The summed E-state index contributed by atoms with van der Waals surface area (Å²) in [6.45, 7) is 8.12. The summed E-state index contributed by atoms with van der Waals surface area (Å²) >= 11 is 0. The van der Waals surface area contributed by atoms with E-state index in [0.717, 1.165) is 24.5 Å². The minimum atomic E-state index is -4.31. The smallest absolute Gasteiger partial charge is 0.297 e. The van der Waals surface area contributed by atoms with Gasteiger partial charge >= 0.3 is 0 Å². The molecule has 0 fully saturated rings. The van der Waals surface area contributed by atoms with Crippen LogP contribution in [0.3, 0.4) is 0 Å². The van der Waals surface area contributed by atoms with Crippen LogP contribution in [0.25, 0.3) is 0 Å². The zero-order chi connectivity index (χ0) is 17.6. The van der Waals surface area contributed by atoms with E-state index in [0.29, 0.717) is 37.6 Å². The number of nitrogens with zero attached hydrogens (tertiary/aromatic N) is 4. The average molecular weight is 354 g/mol. The Morgan fingerprint density at radius 3 is 2.21 bits per heavy atom. The second-order valence-corrected chi connectivity index (χ2v) is 8.07. The van der Waals surface area contributed by atoms with Crippen LogP contribution in [0.15, 0.2) is 11.0 Å². The fourth-order valence-corrected chi connectivity index (χ4v) is 4.81. The van der Waals surface area contributed by atoms with Gasteiger partial charge in [0.25, 0.3) is 10.1 Å². The van der Waals surface area contributed by atoms with Gasteiger partial charge in [0.15, 0.2) is 0 Å². The predicted octanol–water partition coefficient (Wildman–Crippen LogP) is 1.39. The molecule has 2 aliphatic heterocycles. The molecule has 1 aromatic carbocycles. The van der Waals surface area contributed by atoms with Crippen LogP contribution in [-0.2, 0) is 23.2 Å². The van der Waals surface area contributed by atoms with Crippen molar-refractivity contribution in [3.8, 4) is 0 Å². The maximum Gasteiger partial charge on any atom is 0.297 e. The molecule has 3 rings (SSSR count). The van der Waals surface area contributed by atoms with Crippen molar-refractivity contribution >= 4 is 21.5 Å². The predicted molar refractivity (Wildman–Crippen MR) is 95.0 cm³/mol. The Balaban J connectivity index is 2.33. The third kappa shape index (κ3) is 2.88. The molecule has 7 nitrogen and oxygen atoms in total. The van der Waals surface area contributed by atoms with E-state index in [1.54, 1.807) is 0 Å². The zero-order valence-electron chi connectivity index (χ0n) is 14.8. The van der Waals surface area contributed by atoms with Crippen molar-refractivity contribution < 1.29 is 13.0 Å². The Bertz CT molecular complexity index is 750. The van der Waals surface area contributed by atoms with E-state index in [4.69, 9.17) is 0 Å². The topological polar surface area (TPSA) is 67.3 Å². The van der Waals surface area contributed by atoms with Crippen molar-refractivity contribution in [3.63, 3.8) is 0 Å². The van der Waals surface area contributed by atoms with Crippen molar-refractivity contribution in [1.29, 1.82) is 0 Å². The van der Waals surface area contributed by atoms with Gasteiger partial charge in [-0.05, 0) is 39.6 Å². The molecule has 0 aromatic heterocycles. The van der Waals surface area contributed by atoms with E-state index in [2.05, 4.69) is 27.7 Å². The minimum Gasteiger partial charge on any atom is -0.359 e. The van der Waals surface area contributed by atoms with E-state index in [1.165, 1.54) is 0 Å². The third-order valence-electron chi connectivity index (χ3n) is 4.78. The van der Waals surface area contributed by atoms with Crippen LogP contribution in [0, 0.1) is 0 Å². The summed E-state index contributed by atoms with van der Waals surface area (Å²) in [5.74, 6) is 0. The number of anilines is 2. The summed E-state index contributed by atoms with van der Waals surface area (Å²) in [5, 5.41) is 0. The van der Waals surface area contributed by atoms with Gasteiger partial charge in [-0.2, -0.15) is 8.42 Å². The van der Waals surface area contributed by atoms with E-state index in [1.807, 2.05) is 25.9 Å². The Morgan fingerprint density at radius 2 is 1.62 bits per heavy atom. The lowest BCUT2D eigenvalue weighted by Gasteiger charge is -2.42. The van der Waals surface area contributed by atoms with E-state index in [9.17, 15) is 13.0 Å². The molecule has 0 unspecified atom stereocenters. The largest absolute Gasteiger partial charge is 0.359 e. The first kappa shape index (κ1) is 17.5. The standard InChI is InChI=1S/C16H26N4O3S/c1-5-19-10-18(4)9-13-14(19)7-12-8-17(3)11-20(6-2)15(12)16(13)24(21,22)23/h7H,5-6,8-11H2,1-4H3,(H,21,22,23). The molecular weight excluding hydrogens is 328 g/mol. The van der Waals surface area contributed by atoms with Crippen LogP contribution in [0.2, 0.25) is 0 Å². The van der Waals surface area contributed by atoms with E-state index >= 15 is 0 Å². The highest BCUT2D eigenvalue weighted by Crippen LogP contribution is 2.42. The number of fused-ring (bicyclic) bond motifs is 2. The van der Waals surface area contributed by atoms with Gasteiger partial charge in [-0.1, -0.05) is 0 Å². The SMILES string of the molecule is CCN1CN(C)Cc2c1cc1c(c2S(=O)(=O)O)N(CC)CN(C)C1. The lowest BCUT2D eigenvalue weighted by molar-refractivity contribution is 0.298. The highest BCUT2D eigenvalue weighted by molar-refractivity contribution is 7.86. The average Bonchev–Trinajstić information content (AvgIpc) is 2.50. The maximum absolute atomic E-state index is 12.3. The van der Waals surface area contributed by atoms with Gasteiger partial charge in [0.05, 0.1) is 19.0 Å². The number of hydrogen-bond donors (Lipinski definition) is 1. The van der Waals surface area contributed by atoms with Crippen LogP contribution in [0.4, 0.5) is 11.4 Å². The second kappa shape index (κ2) is 6.18. The van der Waals surface area contributed by atoms with Crippen molar-refractivity contribution in [2.24, 2.45) is 0 Å². The molecule has 2 heterocycles. The Kier molecular flexibility index (Phi) is 4.50. The first-order valence-electron chi connectivity index (χ1n) is 8.29.